The van der Waals surface area contributed by atoms with Crippen LogP contribution in [0.4, 0.5) is 0 Å². The van der Waals surface area contributed by atoms with Gasteiger partial charge in [0, 0.05) is 23.8 Å². The normalized spacial score (nSPS) is 11.7. The van der Waals surface area contributed by atoms with Gasteiger partial charge < -0.3 is 10.2 Å². The van der Waals surface area contributed by atoms with E-state index in [9.17, 15) is 9.59 Å². The second-order valence-electron chi connectivity index (χ2n) is 6.42. The highest BCUT2D eigenvalue weighted by Gasteiger charge is 2.25. The monoisotopic (exact) mass is 448 g/mol. The summed E-state index contributed by atoms with van der Waals surface area (Å²) < 4.78 is 0.984. The average molecular weight is 449 g/mol. The van der Waals surface area contributed by atoms with Gasteiger partial charge in [-0.05, 0) is 37.1 Å². The van der Waals surface area contributed by atoms with Crippen LogP contribution in [0.15, 0.2) is 53.0 Å². The van der Waals surface area contributed by atoms with E-state index in [1.54, 1.807) is 30.6 Å². The van der Waals surface area contributed by atoms with E-state index in [-0.39, 0.29) is 11.8 Å². The lowest BCUT2D eigenvalue weighted by molar-refractivity contribution is -0.138. The minimum Gasteiger partial charge on any atom is -0.357 e. The first-order chi connectivity index (χ1) is 12.9. The molecule has 1 N–H and O–H groups in total. The summed E-state index contributed by atoms with van der Waals surface area (Å²) in [6, 6.07) is 15.6. The van der Waals surface area contributed by atoms with Gasteiger partial charge in [-0.1, -0.05) is 57.9 Å². The summed E-state index contributed by atoms with van der Waals surface area (Å²) in [7, 11) is 1.59. The summed E-state index contributed by atoms with van der Waals surface area (Å²) in [4.78, 5) is 26.6. The van der Waals surface area contributed by atoms with Crippen LogP contribution < -0.4 is 5.32 Å². The summed E-state index contributed by atoms with van der Waals surface area (Å²) in [5.41, 5.74) is 3.40. The van der Waals surface area contributed by atoms with Gasteiger partial charge in [-0.25, -0.2) is 0 Å². The lowest BCUT2D eigenvalue weighted by Gasteiger charge is -2.28. The lowest BCUT2D eigenvalue weighted by atomic mass is 10.1. The van der Waals surface area contributed by atoms with Crippen molar-refractivity contribution >= 4 is 39.5 Å². The maximum absolute atomic E-state index is 12.8. The Morgan fingerprint density at radius 3 is 2.48 bits per heavy atom. The molecule has 144 valence electrons. The molecule has 0 aliphatic heterocycles. The van der Waals surface area contributed by atoms with Crippen molar-refractivity contribution in [1.29, 1.82) is 0 Å². The van der Waals surface area contributed by atoms with Crippen LogP contribution in [0, 0.1) is 6.92 Å². The number of likely N-dealkylation sites (N-methyl/N-ethyl adjacent to an activating group) is 1. The Hall–Kier alpha value is -1.79. The van der Waals surface area contributed by atoms with Crippen molar-refractivity contribution in [3.05, 3.63) is 69.7 Å². The van der Waals surface area contributed by atoms with Gasteiger partial charge in [-0.3, -0.25) is 9.59 Å². The van der Waals surface area contributed by atoms with E-state index in [1.165, 1.54) is 11.1 Å². The maximum Gasteiger partial charge on any atom is 0.242 e. The van der Waals surface area contributed by atoms with Crippen molar-refractivity contribution in [3.63, 3.8) is 0 Å². The van der Waals surface area contributed by atoms with E-state index in [1.807, 2.05) is 30.3 Å². The van der Waals surface area contributed by atoms with E-state index >= 15 is 0 Å². The van der Waals surface area contributed by atoms with Crippen LogP contribution in [-0.2, 0) is 21.9 Å². The Labute approximate surface area is 173 Å². The standard InChI is InChI=1S/C21H25BrN2O2S/c1-15-5-4-6-18(11-15)13-27-14-20(25)24(16(2)21(26)23-3)12-17-7-9-19(22)10-8-17/h4-11,16H,12-14H2,1-3H3,(H,23,26)/t16-/m0/s1. The summed E-state index contributed by atoms with van der Waals surface area (Å²) in [6.07, 6.45) is 0. The topological polar surface area (TPSA) is 49.4 Å². The third-order valence-electron chi connectivity index (χ3n) is 4.26. The zero-order valence-corrected chi connectivity index (χ0v) is 18.3. The molecule has 2 rings (SSSR count). The molecule has 0 unspecified atom stereocenters. The van der Waals surface area contributed by atoms with Crippen molar-refractivity contribution in [3.8, 4) is 0 Å². The van der Waals surface area contributed by atoms with Crippen LogP contribution in [0.25, 0.3) is 0 Å². The lowest BCUT2D eigenvalue weighted by Crippen LogP contribution is -2.47. The van der Waals surface area contributed by atoms with E-state index in [0.29, 0.717) is 12.3 Å². The van der Waals surface area contributed by atoms with Crippen molar-refractivity contribution in [2.45, 2.75) is 32.2 Å². The second kappa shape index (κ2) is 10.5. The van der Waals surface area contributed by atoms with Gasteiger partial charge in [0.2, 0.25) is 11.8 Å². The minimum absolute atomic E-state index is 0.0355. The number of carbonyl (C=O) groups is 2. The number of carbonyl (C=O) groups excluding carboxylic acids is 2. The summed E-state index contributed by atoms with van der Waals surface area (Å²) in [5, 5.41) is 2.64. The van der Waals surface area contributed by atoms with Crippen LogP contribution in [0.3, 0.4) is 0 Å². The van der Waals surface area contributed by atoms with E-state index in [2.05, 4.69) is 46.4 Å². The van der Waals surface area contributed by atoms with Crippen molar-refractivity contribution in [1.82, 2.24) is 10.2 Å². The molecule has 1 atom stereocenters. The number of halogens is 1. The van der Waals surface area contributed by atoms with Crippen LogP contribution in [0.2, 0.25) is 0 Å². The Balaban J connectivity index is 2.03. The SMILES string of the molecule is CNC(=O)[C@H](C)N(Cc1ccc(Br)cc1)C(=O)CSCc1cccc(C)c1. The zero-order valence-electron chi connectivity index (χ0n) is 15.9. The molecule has 6 heteroatoms. The van der Waals surface area contributed by atoms with Gasteiger partial charge in [0.05, 0.1) is 5.75 Å². The fourth-order valence-electron chi connectivity index (χ4n) is 2.72. The number of nitrogens with one attached hydrogen (secondary N) is 1. The molecule has 0 aliphatic rings. The highest BCUT2D eigenvalue weighted by molar-refractivity contribution is 9.10. The Bertz CT molecular complexity index is 780. The molecule has 0 heterocycles. The molecule has 0 aromatic heterocycles. The fraction of sp³-hybridized carbons (Fsp3) is 0.333. The molecule has 0 saturated carbocycles. The third-order valence-corrected chi connectivity index (χ3v) is 5.77. The quantitative estimate of drug-likeness (QED) is 0.659. The summed E-state index contributed by atoms with van der Waals surface area (Å²) >= 11 is 4.99. The molecule has 0 spiro atoms. The molecule has 2 aromatic carbocycles. The molecule has 27 heavy (non-hydrogen) atoms. The summed E-state index contributed by atoms with van der Waals surface area (Å²) in [6.45, 7) is 4.23. The highest BCUT2D eigenvalue weighted by atomic mass is 79.9. The fourth-order valence-corrected chi connectivity index (χ4v) is 3.84. The van der Waals surface area contributed by atoms with Gasteiger partial charge in [0.15, 0.2) is 0 Å². The van der Waals surface area contributed by atoms with E-state index < -0.39 is 6.04 Å². The van der Waals surface area contributed by atoms with Crippen molar-refractivity contribution in [2.75, 3.05) is 12.8 Å². The number of amides is 2. The van der Waals surface area contributed by atoms with Crippen LogP contribution >= 0.6 is 27.7 Å². The number of thioether (sulfide) groups is 1. The van der Waals surface area contributed by atoms with Crippen LogP contribution in [0.1, 0.15) is 23.6 Å². The molecule has 2 aromatic rings. The first kappa shape index (κ1) is 21.5. The number of nitrogens with zero attached hydrogens (tertiary/aromatic N) is 1. The van der Waals surface area contributed by atoms with Crippen molar-refractivity contribution < 1.29 is 9.59 Å². The number of hydrogen-bond acceptors (Lipinski definition) is 3. The second-order valence-corrected chi connectivity index (χ2v) is 8.32. The molecule has 0 aliphatic carbocycles. The summed E-state index contributed by atoms with van der Waals surface area (Å²) in [5.74, 6) is 0.912. The predicted molar refractivity (Wildman–Crippen MR) is 116 cm³/mol. The predicted octanol–water partition coefficient (Wildman–Crippen LogP) is 4.15. The molecule has 0 saturated heterocycles. The van der Waals surface area contributed by atoms with Gasteiger partial charge in [-0.2, -0.15) is 0 Å². The number of hydrogen-bond donors (Lipinski definition) is 1. The molecule has 0 fully saturated rings. The van der Waals surface area contributed by atoms with Gasteiger partial charge in [0.25, 0.3) is 0 Å². The van der Waals surface area contributed by atoms with Crippen molar-refractivity contribution in [2.24, 2.45) is 0 Å². The Morgan fingerprint density at radius 2 is 1.85 bits per heavy atom. The largest absolute Gasteiger partial charge is 0.357 e. The number of aryl methyl sites for hydroxylation is 1. The van der Waals surface area contributed by atoms with Crippen LogP contribution in [-0.4, -0.2) is 35.6 Å². The third kappa shape index (κ3) is 6.70. The van der Waals surface area contributed by atoms with Gasteiger partial charge >= 0.3 is 0 Å². The zero-order chi connectivity index (χ0) is 19.8. The molecule has 0 radical (unpaired) electrons. The minimum atomic E-state index is -0.522. The van der Waals surface area contributed by atoms with Crippen LogP contribution in [0.5, 0.6) is 0 Å². The molecule has 0 bridgehead atoms. The molecular weight excluding hydrogens is 424 g/mol. The van der Waals surface area contributed by atoms with E-state index in [0.717, 1.165) is 15.8 Å². The maximum atomic E-state index is 12.8. The number of rotatable bonds is 8. The molecule has 4 nitrogen and oxygen atoms in total. The molecular formula is C21H25BrN2O2S. The highest BCUT2D eigenvalue weighted by Crippen LogP contribution is 2.18. The van der Waals surface area contributed by atoms with Gasteiger partial charge in [-0.15, -0.1) is 11.8 Å². The van der Waals surface area contributed by atoms with E-state index in [4.69, 9.17) is 0 Å². The Kier molecular flexibility index (Phi) is 8.38. The average Bonchev–Trinajstić information content (AvgIpc) is 2.66. The Morgan fingerprint density at radius 1 is 1.15 bits per heavy atom. The van der Waals surface area contributed by atoms with Gasteiger partial charge in [0.1, 0.15) is 6.04 Å². The molecule has 2 amide bonds. The smallest absolute Gasteiger partial charge is 0.242 e. The first-order valence-corrected chi connectivity index (χ1v) is 10.7. The first-order valence-electron chi connectivity index (χ1n) is 8.79. The number of benzene rings is 2.